The molecule has 1 aliphatic carbocycles. The van der Waals surface area contributed by atoms with Gasteiger partial charge in [-0.25, -0.2) is 0 Å². The molecule has 0 bridgehead atoms. The summed E-state index contributed by atoms with van der Waals surface area (Å²) in [5.74, 6) is 0.716. The van der Waals surface area contributed by atoms with Gasteiger partial charge < -0.3 is 19.1 Å². The van der Waals surface area contributed by atoms with Gasteiger partial charge in [0, 0.05) is 32.1 Å². The second-order valence-corrected chi connectivity index (χ2v) is 5.13. The predicted octanol–water partition coefficient (Wildman–Crippen LogP) is 0.378. The fourth-order valence-electron chi connectivity index (χ4n) is 2.33. The molecule has 1 aromatic rings. The quantitative estimate of drug-likeness (QED) is 0.799. The molecule has 2 heterocycles. The molecule has 7 heteroatoms. The molecule has 0 unspecified atom stereocenters. The summed E-state index contributed by atoms with van der Waals surface area (Å²) in [6.07, 6.45) is 2.02. The van der Waals surface area contributed by atoms with Crippen molar-refractivity contribution in [1.82, 2.24) is 15.0 Å². The predicted molar refractivity (Wildman–Crippen MR) is 68.3 cm³/mol. The minimum atomic E-state index is -0.209. The molecule has 2 amide bonds. The first-order valence-corrected chi connectivity index (χ1v) is 6.78. The lowest BCUT2D eigenvalue weighted by Crippen LogP contribution is -2.51. The molecule has 0 N–H and O–H groups in total. The van der Waals surface area contributed by atoms with E-state index < -0.39 is 0 Å². The van der Waals surface area contributed by atoms with Crippen LogP contribution in [0, 0.1) is 5.92 Å². The molecule has 1 saturated heterocycles. The average Bonchev–Trinajstić information content (AvgIpc) is 3.23. The van der Waals surface area contributed by atoms with Crippen molar-refractivity contribution in [2.45, 2.75) is 12.8 Å². The Morgan fingerprint density at radius 2 is 1.90 bits per heavy atom. The Morgan fingerprint density at radius 1 is 1.25 bits per heavy atom. The maximum absolute atomic E-state index is 12.2. The van der Waals surface area contributed by atoms with Crippen molar-refractivity contribution in [2.75, 3.05) is 33.3 Å². The van der Waals surface area contributed by atoms with Gasteiger partial charge in [0.05, 0.1) is 13.2 Å². The van der Waals surface area contributed by atoms with E-state index in [1.54, 1.807) is 4.90 Å². The van der Waals surface area contributed by atoms with E-state index >= 15 is 0 Å². The molecule has 0 spiro atoms. The van der Waals surface area contributed by atoms with Crippen LogP contribution in [0.15, 0.2) is 10.6 Å². The summed E-state index contributed by atoms with van der Waals surface area (Å²) in [5, 5.41) is 3.62. The van der Waals surface area contributed by atoms with Gasteiger partial charge in [-0.1, -0.05) is 0 Å². The number of amides is 2. The van der Waals surface area contributed by atoms with E-state index in [2.05, 4.69) is 5.16 Å². The van der Waals surface area contributed by atoms with Crippen molar-refractivity contribution in [2.24, 2.45) is 5.92 Å². The first-order valence-electron chi connectivity index (χ1n) is 6.78. The van der Waals surface area contributed by atoms with Gasteiger partial charge in [-0.3, -0.25) is 9.59 Å². The van der Waals surface area contributed by atoms with Gasteiger partial charge in [0.1, 0.15) is 0 Å². The van der Waals surface area contributed by atoms with Crippen molar-refractivity contribution in [3.05, 3.63) is 11.8 Å². The zero-order chi connectivity index (χ0) is 14.1. The lowest BCUT2D eigenvalue weighted by Gasteiger charge is -2.34. The lowest BCUT2D eigenvalue weighted by atomic mass is 10.2. The number of ether oxygens (including phenoxy) is 1. The van der Waals surface area contributed by atoms with Gasteiger partial charge in [-0.15, -0.1) is 0 Å². The molecule has 1 aromatic heterocycles. The van der Waals surface area contributed by atoms with Crippen LogP contribution in [0.5, 0.6) is 5.88 Å². The fourth-order valence-corrected chi connectivity index (χ4v) is 2.33. The highest BCUT2D eigenvalue weighted by Crippen LogP contribution is 2.31. The maximum atomic E-state index is 12.2. The van der Waals surface area contributed by atoms with Crippen LogP contribution in [0.4, 0.5) is 0 Å². The molecular formula is C13H17N3O4. The topological polar surface area (TPSA) is 75.9 Å². The summed E-state index contributed by atoms with van der Waals surface area (Å²) in [4.78, 5) is 27.6. The molecule has 0 atom stereocenters. The summed E-state index contributed by atoms with van der Waals surface area (Å²) in [5.41, 5.74) is 0. The van der Waals surface area contributed by atoms with E-state index in [4.69, 9.17) is 9.26 Å². The van der Waals surface area contributed by atoms with Crippen LogP contribution in [0.25, 0.3) is 0 Å². The summed E-state index contributed by atoms with van der Waals surface area (Å²) in [6.45, 7) is 2.24. The molecule has 7 nitrogen and oxygen atoms in total. The first-order chi connectivity index (χ1) is 9.69. The third-order valence-electron chi connectivity index (χ3n) is 3.71. The number of piperazine rings is 1. The standard InChI is InChI=1S/C13H17N3O4/c1-19-11-8-10(20-14-11)13(18)16-6-4-15(5-7-16)12(17)9-2-3-9/h8-9H,2-7H2,1H3. The van der Waals surface area contributed by atoms with E-state index in [1.807, 2.05) is 4.90 Å². The molecule has 108 valence electrons. The normalized spacial score (nSPS) is 19.1. The zero-order valence-corrected chi connectivity index (χ0v) is 11.4. The van der Waals surface area contributed by atoms with Crippen LogP contribution in [-0.2, 0) is 4.79 Å². The smallest absolute Gasteiger partial charge is 0.292 e. The molecule has 0 radical (unpaired) electrons. The summed E-state index contributed by atoms with van der Waals surface area (Å²) >= 11 is 0. The van der Waals surface area contributed by atoms with Crippen LogP contribution < -0.4 is 4.74 Å². The third kappa shape index (κ3) is 2.48. The van der Waals surface area contributed by atoms with Crippen molar-refractivity contribution >= 4 is 11.8 Å². The monoisotopic (exact) mass is 279 g/mol. The SMILES string of the molecule is COc1cc(C(=O)N2CCN(C(=O)C3CC3)CC2)on1. The van der Waals surface area contributed by atoms with Crippen molar-refractivity contribution in [1.29, 1.82) is 0 Å². The largest absolute Gasteiger partial charge is 0.479 e. The van der Waals surface area contributed by atoms with Gasteiger partial charge in [0.25, 0.3) is 11.8 Å². The van der Waals surface area contributed by atoms with E-state index in [0.29, 0.717) is 26.2 Å². The summed E-state index contributed by atoms with van der Waals surface area (Å²) in [6, 6.07) is 1.48. The minimum Gasteiger partial charge on any atom is -0.479 e. The Bertz CT molecular complexity index is 515. The zero-order valence-electron chi connectivity index (χ0n) is 11.4. The summed E-state index contributed by atoms with van der Waals surface area (Å²) in [7, 11) is 1.47. The number of carbonyl (C=O) groups excluding carboxylic acids is 2. The number of aromatic nitrogens is 1. The molecule has 3 rings (SSSR count). The highest BCUT2D eigenvalue weighted by atomic mass is 16.5. The number of carbonyl (C=O) groups is 2. The van der Waals surface area contributed by atoms with Crippen LogP contribution >= 0.6 is 0 Å². The molecule has 1 saturated carbocycles. The Morgan fingerprint density at radius 3 is 2.45 bits per heavy atom. The lowest BCUT2D eigenvalue weighted by molar-refractivity contribution is -0.134. The fraction of sp³-hybridized carbons (Fsp3) is 0.615. The van der Waals surface area contributed by atoms with Crippen molar-refractivity contribution < 1.29 is 18.8 Å². The summed E-state index contributed by atoms with van der Waals surface area (Å²) < 4.78 is 9.83. The number of rotatable bonds is 3. The van der Waals surface area contributed by atoms with E-state index in [9.17, 15) is 9.59 Å². The third-order valence-corrected chi connectivity index (χ3v) is 3.71. The van der Waals surface area contributed by atoms with Crippen LogP contribution in [-0.4, -0.2) is 60.1 Å². The Balaban J connectivity index is 1.57. The average molecular weight is 279 g/mol. The van der Waals surface area contributed by atoms with E-state index in [0.717, 1.165) is 12.8 Å². The number of hydrogen-bond donors (Lipinski definition) is 0. The van der Waals surface area contributed by atoms with E-state index in [1.165, 1.54) is 13.2 Å². The Kier molecular flexibility index (Phi) is 3.33. The highest BCUT2D eigenvalue weighted by molar-refractivity contribution is 5.92. The van der Waals surface area contributed by atoms with Gasteiger partial charge in [0.2, 0.25) is 11.7 Å². The molecule has 2 aliphatic rings. The highest BCUT2D eigenvalue weighted by Gasteiger charge is 2.35. The minimum absolute atomic E-state index is 0.170. The first kappa shape index (κ1) is 13.0. The molecule has 0 aromatic carbocycles. The molecular weight excluding hydrogens is 262 g/mol. The van der Waals surface area contributed by atoms with Gasteiger partial charge in [-0.2, -0.15) is 0 Å². The van der Waals surface area contributed by atoms with Gasteiger partial charge in [-0.05, 0) is 18.0 Å². The number of methoxy groups -OCH3 is 1. The van der Waals surface area contributed by atoms with Crippen molar-refractivity contribution in [3.8, 4) is 5.88 Å². The van der Waals surface area contributed by atoms with Gasteiger partial charge >= 0.3 is 0 Å². The second kappa shape index (κ2) is 5.15. The Hall–Kier alpha value is -2.05. The van der Waals surface area contributed by atoms with Crippen LogP contribution in [0.2, 0.25) is 0 Å². The van der Waals surface area contributed by atoms with Crippen molar-refractivity contribution in [3.63, 3.8) is 0 Å². The molecule has 20 heavy (non-hydrogen) atoms. The number of hydrogen-bond acceptors (Lipinski definition) is 5. The Labute approximate surface area is 116 Å². The number of nitrogens with zero attached hydrogens (tertiary/aromatic N) is 3. The van der Waals surface area contributed by atoms with Crippen LogP contribution in [0.1, 0.15) is 23.4 Å². The maximum Gasteiger partial charge on any atom is 0.292 e. The molecule has 1 aliphatic heterocycles. The van der Waals surface area contributed by atoms with Gasteiger partial charge in [0.15, 0.2) is 0 Å². The molecule has 2 fully saturated rings. The van der Waals surface area contributed by atoms with Crippen LogP contribution in [0.3, 0.4) is 0 Å². The second-order valence-electron chi connectivity index (χ2n) is 5.13. The van der Waals surface area contributed by atoms with E-state index in [-0.39, 0.29) is 29.4 Å².